The molecule has 0 saturated carbocycles. The summed E-state index contributed by atoms with van der Waals surface area (Å²) in [6, 6.07) is 1.60. The maximum atomic E-state index is 13.2. The summed E-state index contributed by atoms with van der Waals surface area (Å²) in [5.74, 6) is -4.11. The minimum absolute atomic E-state index is 0.0192. The van der Waals surface area contributed by atoms with Crippen LogP contribution in [0.25, 0.3) is 5.70 Å². The second-order valence-corrected chi connectivity index (χ2v) is 4.58. The maximum absolute atomic E-state index is 13.2. The summed E-state index contributed by atoms with van der Waals surface area (Å²) in [5.41, 5.74) is 0.203. The summed E-state index contributed by atoms with van der Waals surface area (Å²) in [5, 5.41) is 9.10. The Morgan fingerprint density at radius 3 is 2.42 bits per heavy atom. The molecule has 1 atom stereocenters. The van der Waals surface area contributed by atoms with Gasteiger partial charge in [-0.1, -0.05) is 13.0 Å². The highest BCUT2D eigenvalue weighted by Crippen LogP contribution is 2.29. The van der Waals surface area contributed by atoms with Gasteiger partial charge in [0.1, 0.15) is 0 Å². The lowest BCUT2D eigenvalue weighted by molar-refractivity contribution is 0.159. The third-order valence-corrected chi connectivity index (χ3v) is 3.01. The molecule has 0 radical (unpaired) electrons. The van der Waals surface area contributed by atoms with Gasteiger partial charge in [-0.2, -0.15) is 0 Å². The van der Waals surface area contributed by atoms with E-state index in [1.54, 1.807) is 6.08 Å². The van der Waals surface area contributed by atoms with Crippen molar-refractivity contribution in [3.05, 3.63) is 41.2 Å². The highest BCUT2D eigenvalue weighted by atomic mass is 19.2. The van der Waals surface area contributed by atoms with Crippen LogP contribution in [0.4, 0.5) is 18.0 Å². The van der Waals surface area contributed by atoms with Gasteiger partial charge < -0.3 is 5.11 Å². The fourth-order valence-corrected chi connectivity index (χ4v) is 2.07. The zero-order valence-electron chi connectivity index (χ0n) is 10.2. The van der Waals surface area contributed by atoms with Crippen LogP contribution >= 0.6 is 0 Å². The van der Waals surface area contributed by atoms with Crippen molar-refractivity contribution in [2.24, 2.45) is 5.92 Å². The molecule has 0 aliphatic carbocycles. The molecule has 1 aliphatic heterocycles. The molecule has 0 spiro atoms. The largest absolute Gasteiger partial charge is 0.465 e. The van der Waals surface area contributed by atoms with Crippen molar-refractivity contribution in [1.82, 2.24) is 4.90 Å². The van der Waals surface area contributed by atoms with Crippen molar-refractivity contribution in [2.45, 2.75) is 13.3 Å². The number of benzene rings is 1. The second kappa shape index (κ2) is 4.95. The number of hydrogen-bond acceptors (Lipinski definition) is 1. The van der Waals surface area contributed by atoms with E-state index in [4.69, 9.17) is 5.11 Å². The molecule has 1 aromatic carbocycles. The number of carboxylic acid groups (broad SMARTS) is 1. The fourth-order valence-electron chi connectivity index (χ4n) is 2.07. The number of nitrogens with zero attached hydrogens (tertiary/aromatic N) is 1. The van der Waals surface area contributed by atoms with Crippen molar-refractivity contribution in [3.8, 4) is 0 Å². The summed E-state index contributed by atoms with van der Waals surface area (Å²) in [4.78, 5) is 12.2. The second-order valence-electron chi connectivity index (χ2n) is 4.58. The quantitative estimate of drug-likeness (QED) is 0.794. The monoisotopic (exact) mass is 271 g/mol. The zero-order valence-corrected chi connectivity index (χ0v) is 10.2. The first kappa shape index (κ1) is 13.5. The topological polar surface area (TPSA) is 40.5 Å². The SMILES string of the molecule is C[C@H]1CC=C(c2cc(F)c(F)c(F)c2)N(C(=O)O)C1. The van der Waals surface area contributed by atoms with Gasteiger partial charge in [-0.3, -0.25) is 4.90 Å². The average molecular weight is 271 g/mol. The smallest absolute Gasteiger partial charge is 0.411 e. The summed E-state index contributed by atoms with van der Waals surface area (Å²) in [6.45, 7) is 2.11. The Balaban J connectivity index is 2.47. The van der Waals surface area contributed by atoms with Gasteiger partial charge in [0.2, 0.25) is 0 Å². The van der Waals surface area contributed by atoms with E-state index in [-0.39, 0.29) is 23.7 Å². The van der Waals surface area contributed by atoms with Crippen LogP contribution in [0.3, 0.4) is 0 Å². The molecule has 2 rings (SSSR count). The molecular weight excluding hydrogens is 259 g/mol. The molecule has 6 heteroatoms. The van der Waals surface area contributed by atoms with Crippen LogP contribution in [-0.4, -0.2) is 22.6 Å². The normalized spacial score (nSPS) is 19.3. The van der Waals surface area contributed by atoms with Crippen LogP contribution in [0.15, 0.2) is 18.2 Å². The van der Waals surface area contributed by atoms with Gasteiger partial charge in [-0.25, -0.2) is 18.0 Å². The van der Waals surface area contributed by atoms with E-state index >= 15 is 0 Å². The van der Waals surface area contributed by atoms with E-state index in [1.165, 1.54) is 0 Å². The summed E-state index contributed by atoms with van der Waals surface area (Å²) in [6.07, 6.45) is 0.983. The first-order valence-electron chi connectivity index (χ1n) is 5.75. The van der Waals surface area contributed by atoms with Gasteiger partial charge >= 0.3 is 6.09 Å². The molecule has 1 N–H and O–H groups in total. The number of halogens is 3. The lowest BCUT2D eigenvalue weighted by Crippen LogP contribution is -2.34. The molecule has 0 saturated heterocycles. The number of rotatable bonds is 1. The van der Waals surface area contributed by atoms with E-state index in [0.717, 1.165) is 17.0 Å². The highest BCUT2D eigenvalue weighted by molar-refractivity contribution is 5.81. The Bertz CT molecular complexity index is 534. The van der Waals surface area contributed by atoms with E-state index < -0.39 is 23.5 Å². The summed E-state index contributed by atoms with van der Waals surface area (Å²) >= 11 is 0. The molecular formula is C13H12F3NO2. The summed E-state index contributed by atoms with van der Waals surface area (Å²) < 4.78 is 39.3. The molecule has 1 amide bonds. The predicted octanol–water partition coefficient (Wildman–Crippen LogP) is 3.46. The lowest BCUT2D eigenvalue weighted by atomic mass is 9.98. The predicted molar refractivity (Wildman–Crippen MR) is 62.8 cm³/mol. The Hall–Kier alpha value is -1.98. The standard InChI is InChI=1S/C13H12F3NO2/c1-7-2-3-11(17(6-7)13(18)19)8-4-9(14)12(16)10(15)5-8/h3-5,7H,2,6H2,1H3,(H,18,19)/t7-/m0/s1. The number of amides is 1. The van der Waals surface area contributed by atoms with Crippen molar-refractivity contribution in [3.63, 3.8) is 0 Å². The van der Waals surface area contributed by atoms with Gasteiger partial charge in [0.25, 0.3) is 0 Å². The van der Waals surface area contributed by atoms with Crippen molar-refractivity contribution >= 4 is 11.8 Å². The number of allylic oxidation sites excluding steroid dienone is 1. The van der Waals surface area contributed by atoms with E-state index in [9.17, 15) is 18.0 Å². The Morgan fingerprint density at radius 1 is 1.32 bits per heavy atom. The molecule has 19 heavy (non-hydrogen) atoms. The fraction of sp³-hybridized carbons (Fsp3) is 0.308. The third-order valence-electron chi connectivity index (χ3n) is 3.01. The van der Waals surface area contributed by atoms with Gasteiger partial charge in [0, 0.05) is 12.1 Å². The number of carbonyl (C=O) groups is 1. The van der Waals surface area contributed by atoms with Crippen molar-refractivity contribution < 1.29 is 23.1 Å². The minimum Gasteiger partial charge on any atom is -0.465 e. The Kier molecular flexibility index (Phi) is 3.50. The van der Waals surface area contributed by atoms with Crippen LogP contribution in [0.1, 0.15) is 18.9 Å². The van der Waals surface area contributed by atoms with Crippen LogP contribution in [0.5, 0.6) is 0 Å². The van der Waals surface area contributed by atoms with Crippen LogP contribution in [0, 0.1) is 23.4 Å². The molecule has 0 unspecified atom stereocenters. The highest BCUT2D eigenvalue weighted by Gasteiger charge is 2.26. The van der Waals surface area contributed by atoms with E-state index in [0.29, 0.717) is 6.42 Å². The molecule has 1 aliphatic rings. The first-order chi connectivity index (χ1) is 8.90. The van der Waals surface area contributed by atoms with E-state index in [2.05, 4.69) is 0 Å². The Morgan fingerprint density at radius 2 is 1.89 bits per heavy atom. The molecule has 1 aromatic rings. The van der Waals surface area contributed by atoms with Crippen LogP contribution in [0.2, 0.25) is 0 Å². The zero-order chi connectivity index (χ0) is 14.2. The van der Waals surface area contributed by atoms with Crippen molar-refractivity contribution in [2.75, 3.05) is 6.54 Å². The molecule has 0 fully saturated rings. The van der Waals surface area contributed by atoms with Gasteiger partial charge in [-0.15, -0.1) is 0 Å². The lowest BCUT2D eigenvalue weighted by Gasteiger charge is -2.30. The third kappa shape index (κ3) is 2.57. The molecule has 1 heterocycles. The van der Waals surface area contributed by atoms with Crippen LogP contribution in [-0.2, 0) is 0 Å². The molecule has 0 aromatic heterocycles. The van der Waals surface area contributed by atoms with Gasteiger partial charge in [0.15, 0.2) is 17.5 Å². The van der Waals surface area contributed by atoms with Gasteiger partial charge in [0.05, 0.1) is 5.70 Å². The van der Waals surface area contributed by atoms with E-state index in [1.807, 2.05) is 6.92 Å². The first-order valence-corrected chi connectivity index (χ1v) is 5.75. The van der Waals surface area contributed by atoms with Crippen molar-refractivity contribution in [1.29, 1.82) is 0 Å². The molecule has 3 nitrogen and oxygen atoms in total. The number of hydrogen-bond donors (Lipinski definition) is 1. The summed E-state index contributed by atoms with van der Waals surface area (Å²) in [7, 11) is 0. The van der Waals surface area contributed by atoms with Crippen LogP contribution < -0.4 is 0 Å². The minimum atomic E-state index is -1.56. The van der Waals surface area contributed by atoms with Gasteiger partial charge in [-0.05, 0) is 24.5 Å². The Labute approximate surface area is 108 Å². The molecule has 0 bridgehead atoms. The molecule has 102 valence electrons. The maximum Gasteiger partial charge on any atom is 0.411 e. The average Bonchev–Trinajstić information content (AvgIpc) is 2.35.